The predicted octanol–water partition coefficient (Wildman–Crippen LogP) is 3.01. The molecule has 0 N–H and O–H groups in total. The molecule has 0 saturated carbocycles. The van der Waals surface area contributed by atoms with Gasteiger partial charge in [-0.05, 0) is 17.1 Å². The number of anilines is 1. The maximum atomic E-state index is 4.60. The van der Waals surface area contributed by atoms with Gasteiger partial charge >= 0.3 is 0 Å². The molecule has 2 heterocycles. The van der Waals surface area contributed by atoms with Gasteiger partial charge in [0.1, 0.15) is 0 Å². The van der Waals surface area contributed by atoms with Gasteiger partial charge in [-0.3, -0.25) is 0 Å². The molecule has 24 heavy (non-hydrogen) atoms. The van der Waals surface area contributed by atoms with Gasteiger partial charge < -0.3 is 9.38 Å². The Morgan fingerprint density at radius 1 is 1.21 bits per heavy atom. The number of nitrogens with zero attached hydrogens (tertiary/aromatic N) is 4. The third-order valence-corrected chi connectivity index (χ3v) is 5.25. The molecule has 3 rings (SSSR count). The first-order valence-corrected chi connectivity index (χ1v) is 9.12. The van der Waals surface area contributed by atoms with E-state index in [0.717, 1.165) is 23.1 Å². The van der Waals surface area contributed by atoms with Crippen molar-refractivity contribution in [2.24, 2.45) is 0 Å². The summed E-state index contributed by atoms with van der Waals surface area (Å²) in [6, 6.07) is 10.6. The lowest BCUT2D eigenvalue weighted by molar-refractivity contribution is -0.873. The van der Waals surface area contributed by atoms with E-state index >= 15 is 0 Å². The van der Waals surface area contributed by atoms with Gasteiger partial charge in [0.2, 0.25) is 0 Å². The first-order valence-electron chi connectivity index (χ1n) is 8.30. The monoisotopic (exact) mass is 342 g/mol. The highest BCUT2D eigenvalue weighted by molar-refractivity contribution is 8.03. The molecule has 1 aromatic carbocycles. The first-order chi connectivity index (χ1) is 11.4. The van der Waals surface area contributed by atoms with E-state index in [1.165, 1.54) is 22.2 Å². The van der Waals surface area contributed by atoms with Crippen LogP contribution in [-0.2, 0) is 6.54 Å². The fourth-order valence-electron chi connectivity index (χ4n) is 2.71. The molecule has 0 spiro atoms. The lowest BCUT2D eigenvalue weighted by Crippen LogP contribution is -2.40. The lowest BCUT2D eigenvalue weighted by Gasteiger charge is -2.23. The molecular formula is C19H26N4S+2. The lowest BCUT2D eigenvalue weighted by atomic mass is 10.3. The van der Waals surface area contributed by atoms with E-state index in [9.17, 15) is 0 Å². The van der Waals surface area contributed by atoms with Crippen molar-refractivity contribution in [1.82, 2.24) is 4.98 Å². The minimum atomic E-state index is 1.00. The Labute approximate surface area is 149 Å². The topological polar surface area (TPSA) is 20.0 Å². The standard InChI is InChI=1S/C19H26N4S/c1-21-17-8-5-6-9-18(17)24-19(21)14-16-10-12-22(15-20-16)11-7-13-23(2,3)4/h5-6,8-10,12,14-15H,7,11,13H2,1-4H3/q+2. The average molecular weight is 343 g/mol. The fraction of sp³-hybridized carbons (Fsp3) is 0.368. The summed E-state index contributed by atoms with van der Waals surface area (Å²) >= 11 is 1.80. The van der Waals surface area contributed by atoms with Crippen molar-refractivity contribution in [2.45, 2.75) is 17.9 Å². The van der Waals surface area contributed by atoms with Crippen LogP contribution in [0.5, 0.6) is 0 Å². The van der Waals surface area contributed by atoms with E-state index in [2.05, 4.69) is 85.2 Å². The number of benzene rings is 1. The van der Waals surface area contributed by atoms with E-state index in [-0.39, 0.29) is 0 Å². The number of fused-ring (bicyclic) bond motifs is 1. The van der Waals surface area contributed by atoms with Gasteiger partial charge in [0.25, 0.3) is 6.33 Å². The molecule has 0 aliphatic carbocycles. The normalized spacial score (nSPS) is 15.8. The minimum absolute atomic E-state index is 1.00. The number of aryl methyl sites for hydroxylation is 1. The van der Waals surface area contributed by atoms with E-state index in [1.54, 1.807) is 11.8 Å². The van der Waals surface area contributed by atoms with E-state index in [4.69, 9.17) is 0 Å². The molecular weight excluding hydrogens is 316 g/mol. The summed E-state index contributed by atoms with van der Waals surface area (Å²) in [5.41, 5.74) is 2.26. The molecule has 0 bridgehead atoms. The van der Waals surface area contributed by atoms with Crippen LogP contribution >= 0.6 is 11.8 Å². The highest BCUT2D eigenvalue weighted by Crippen LogP contribution is 2.45. The smallest absolute Gasteiger partial charge is 0.286 e. The number of para-hydroxylation sites is 1. The fourth-order valence-corrected chi connectivity index (χ4v) is 3.81. The molecule has 4 nitrogen and oxygen atoms in total. The Morgan fingerprint density at radius 3 is 2.67 bits per heavy atom. The zero-order chi connectivity index (χ0) is 17.2. The van der Waals surface area contributed by atoms with Gasteiger partial charge in [0, 0.05) is 30.5 Å². The highest BCUT2D eigenvalue weighted by Gasteiger charge is 2.21. The van der Waals surface area contributed by atoms with Crippen molar-refractivity contribution in [1.29, 1.82) is 0 Å². The third-order valence-electron chi connectivity index (χ3n) is 4.08. The largest absolute Gasteiger partial charge is 0.338 e. The predicted molar refractivity (Wildman–Crippen MR) is 101 cm³/mol. The molecule has 126 valence electrons. The number of hydrogen-bond acceptors (Lipinski definition) is 3. The zero-order valence-electron chi connectivity index (χ0n) is 14.9. The average Bonchev–Trinajstić information content (AvgIpc) is 2.85. The maximum Gasteiger partial charge on any atom is 0.286 e. The molecule has 0 amide bonds. The Bertz CT molecular complexity index is 732. The summed E-state index contributed by atoms with van der Waals surface area (Å²) in [4.78, 5) is 8.13. The highest BCUT2D eigenvalue weighted by atomic mass is 32.2. The summed E-state index contributed by atoms with van der Waals surface area (Å²) < 4.78 is 3.17. The van der Waals surface area contributed by atoms with E-state index < -0.39 is 0 Å². The summed E-state index contributed by atoms with van der Waals surface area (Å²) in [6.07, 6.45) is 7.38. The minimum Gasteiger partial charge on any atom is -0.338 e. The second kappa shape index (κ2) is 6.95. The molecule has 1 aliphatic heterocycles. The third kappa shape index (κ3) is 4.16. The van der Waals surface area contributed by atoms with Crippen molar-refractivity contribution >= 4 is 23.5 Å². The Morgan fingerprint density at radius 2 is 2.00 bits per heavy atom. The summed E-state index contributed by atoms with van der Waals surface area (Å²) in [6.45, 7) is 2.18. The van der Waals surface area contributed by atoms with Gasteiger partial charge in [0.05, 0.1) is 51.1 Å². The summed E-state index contributed by atoms with van der Waals surface area (Å²) in [5, 5.41) is 1.21. The van der Waals surface area contributed by atoms with Gasteiger partial charge in [-0.15, -0.1) is 0 Å². The molecule has 1 aromatic heterocycles. The van der Waals surface area contributed by atoms with Crippen LogP contribution in [0.3, 0.4) is 0 Å². The molecule has 1 aliphatic rings. The molecule has 0 saturated heterocycles. The molecule has 0 atom stereocenters. The van der Waals surface area contributed by atoms with Crippen LogP contribution < -0.4 is 9.47 Å². The number of quaternary nitrogens is 1. The second-order valence-corrected chi connectivity index (χ2v) is 8.26. The van der Waals surface area contributed by atoms with Crippen LogP contribution in [0.15, 0.2) is 52.8 Å². The molecule has 2 aromatic rings. The molecule has 0 radical (unpaired) electrons. The van der Waals surface area contributed by atoms with Gasteiger partial charge in [0.15, 0.2) is 5.69 Å². The van der Waals surface area contributed by atoms with Crippen LogP contribution in [-0.4, -0.2) is 44.2 Å². The quantitative estimate of drug-likeness (QED) is 0.615. The Kier molecular flexibility index (Phi) is 4.92. The van der Waals surface area contributed by atoms with Crippen molar-refractivity contribution < 1.29 is 9.05 Å². The maximum absolute atomic E-state index is 4.60. The Hall–Kier alpha value is -1.85. The Balaban J connectivity index is 1.65. The van der Waals surface area contributed by atoms with Crippen molar-refractivity contribution in [3.8, 4) is 0 Å². The van der Waals surface area contributed by atoms with Gasteiger partial charge in [-0.2, -0.15) is 0 Å². The summed E-state index contributed by atoms with van der Waals surface area (Å²) in [7, 11) is 8.79. The first kappa shape index (κ1) is 17.0. The van der Waals surface area contributed by atoms with Crippen LogP contribution in [0.1, 0.15) is 12.1 Å². The van der Waals surface area contributed by atoms with Gasteiger partial charge in [-0.25, -0.2) is 4.57 Å². The molecule has 0 fully saturated rings. The van der Waals surface area contributed by atoms with Crippen molar-refractivity contribution in [3.63, 3.8) is 0 Å². The number of aromatic nitrogens is 2. The molecule has 5 heteroatoms. The van der Waals surface area contributed by atoms with E-state index in [1.807, 2.05) is 6.33 Å². The number of rotatable bonds is 5. The second-order valence-electron chi connectivity index (χ2n) is 7.20. The van der Waals surface area contributed by atoms with Crippen LogP contribution in [0, 0.1) is 0 Å². The zero-order valence-corrected chi connectivity index (χ0v) is 15.8. The van der Waals surface area contributed by atoms with Crippen molar-refractivity contribution in [2.75, 3.05) is 39.6 Å². The van der Waals surface area contributed by atoms with Crippen LogP contribution in [0.25, 0.3) is 6.08 Å². The molecule has 0 unspecified atom stereocenters. The van der Waals surface area contributed by atoms with Crippen LogP contribution in [0.2, 0.25) is 0 Å². The van der Waals surface area contributed by atoms with E-state index in [0.29, 0.717) is 0 Å². The number of hydrogen-bond donors (Lipinski definition) is 0. The van der Waals surface area contributed by atoms with Crippen LogP contribution in [0.4, 0.5) is 5.69 Å². The number of thioether (sulfide) groups is 1. The van der Waals surface area contributed by atoms with Gasteiger partial charge in [-0.1, -0.05) is 23.9 Å². The summed E-state index contributed by atoms with van der Waals surface area (Å²) in [5.74, 6) is 0. The SMILES string of the molecule is CN1/C(=C\c2cc[n+](CCC[N+](C)(C)C)cn2)Sc2ccccc21. The van der Waals surface area contributed by atoms with Crippen molar-refractivity contribution in [3.05, 3.63) is 53.6 Å².